The molecule has 0 atom stereocenters. The monoisotopic (exact) mass is 283 g/mol. The summed E-state index contributed by atoms with van der Waals surface area (Å²) in [5.41, 5.74) is 1.07. The van der Waals surface area contributed by atoms with Crippen LogP contribution in [-0.2, 0) is 16.6 Å². The lowest BCUT2D eigenvalue weighted by molar-refractivity contribution is 0.356. The smallest absolute Gasteiger partial charge is 0.238 e. The summed E-state index contributed by atoms with van der Waals surface area (Å²) in [6, 6.07) is 6.71. The van der Waals surface area contributed by atoms with E-state index in [1.54, 1.807) is 24.3 Å². The molecule has 6 heteroatoms. The highest BCUT2D eigenvalue weighted by Gasteiger charge is 2.12. The van der Waals surface area contributed by atoms with Crippen LogP contribution in [0.3, 0.4) is 0 Å². The molecule has 1 heterocycles. The van der Waals surface area contributed by atoms with Crippen LogP contribution >= 0.6 is 0 Å². The predicted molar refractivity (Wildman–Crippen MR) is 75.1 cm³/mol. The average Bonchev–Trinajstić information content (AvgIpc) is 2.39. The maximum Gasteiger partial charge on any atom is 0.238 e. The fourth-order valence-electron chi connectivity index (χ4n) is 2.30. The van der Waals surface area contributed by atoms with E-state index in [1.165, 1.54) is 12.8 Å². The number of benzene rings is 1. The van der Waals surface area contributed by atoms with E-state index in [4.69, 9.17) is 5.14 Å². The number of hydrogen-bond acceptors (Lipinski definition) is 4. The first-order valence-corrected chi connectivity index (χ1v) is 8.13. The van der Waals surface area contributed by atoms with Crippen LogP contribution in [0.2, 0.25) is 0 Å². The van der Waals surface area contributed by atoms with Crippen LogP contribution in [0.1, 0.15) is 18.4 Å². The fourth-order valence-corrected chi connectivity index (χ4v) is 2.82. The molecule has 0 spiro atoms. The zero-order chi connectivity index (χ0) is 13.7. The Morgan fingerprint density at radius 2 is 1.84 bits per heavy atom. The van der Waals surface area contributed by atoms with Gasteiger partial charge in [0.1, 0.15) is 0 Å². The van der Waals surface area contributed by atoms with Crippen LogP contribution in [-0.4, -0.2) is 28.1 Å². The van der Waals surface area contributed by atoms with Crippen molar-refractivity contribution in [1.29, 1.82) is 0 Å². The summed E-state index contributed by atoms with van der Waals surface area (Å²) in [6.07, 6.45) is 2.44. The summed E-state index contributed by atoms with van der Waals surface area (Å²) in [6.45, 7) is 3.98. The van der Waals surface area contributed by atoms with Crippen molar-refractivity contribution in [3.8, 4) is 0 Å². The van der Waals surface area contributed by atoms with Gasteiger partial charge in [0, 0.05) is 6.54 Å². The second-order valence-electron chi connectivity index (χ2n) is 5.01. The lowest BCUT2D eigenvalue weighted by Gasteiger charge is -2.22. The largest absolute Gasteiger partial charge is 0.317 e. The normalized spacial score (nSPS) is 17.5. The Kier molecular flexibility index (Phi) is 4.93. The summed E-state index contributed by atoms with van der Waals surface area (Å²) >= 11 is 0. The van der Waals surface area contributed by atoms with Crippen LogP contribution < -0.4 is 15.8 Å². The molecule has 0 radical (unpaired) electrons. The molecule has 5 nitrogen and oxygen atoms in total. The minimum atomic E-state index is -3.58. The maximum atomic E-state index is 11.1. The van der Waals surface area contributed by atoms with Crippen molar-refractivity contribution in [2.24, 2.45) is 11.1 Å². The molecule has 1 aromatic carbocycles. The quantitative estimate of drug-likeness (QED) is 0.731. The van der Waals surface area contributed by atoms with Gasteiger partial charge in [-0.3, -0.25) is 0 Å². The van der Waals surface area contributed by atoms with E-state index >= 15 is 0 Å². The lowest BCUT2D eigenvalue weighted by atomic mass is 9.98. The third-order valence-corrected chi connectivity index (χ3v) is 4.40. The molecule has 0 aliphatic carbocycles. The molecule has 19 heavy (non-hydrogen) atoms. The molecule has 0 saturated carbocycles. The van der Waals surface area contributed by atoms with Gasteiger partial charge in [0.25, 0.3) is 0 Å². The molecule has 0 unspecified atom stereocenters. The molecule has 1 saturated heterocycles. The van der Waals surface area contributed by atoms with E-state index in [9.17, 15) is 8.42 Å². The molecule has 0 aromatic heterocycles. The van der Waals surface area contributed by atoms with Gasteiger partial charge in [-0.25, -0.2) is 13.6 Å². The second-order valence-corrected chi connectivity index (χ2v) is 6.57. The molecular weight excluding hydrogens is 262 g/mol. The Morgan fingerprint density at radius 3 is 2.42 bits per heavy atom. The summed E-state index contributed by atoms with van der Waals surface area (Å²) in [7, 11) is -3.58. The first kappa shape index (κ1) is 14.5. The van der Waals surface area contributed by atoms with E-state index in [0.717, 1.165) is 37.7 Å². The van der Waals surface area contributed by atoms with Crippen molar-refractivity contribution in [3.05, 3.63) is 29.8 Å². The Morgan fingerprint density at radius 1 is 1.21 bits per heavy atom. The predicted octanol–water partition coefficient (Wildman–Crippen LogP) is 0.423. The molecule has 0 bridgehead atoms. The topological polar surface area (TPSA) is 84.2 Å². The Labute approximate surface area is 114 Å². The zero-order valence-corrected chi connectivity index (χ0v) is 11.7. The Hall–Kier alpha value is -0.950. The van der Waals surface area contributed by atoms with E-state index < -0.39 is 10.0 Å². The van der Waals surface area contributed by atoms with Crippen LogP contribution in [0.5, 0.6) is 0 Å². The number of primary sulfonamides is 1. The third kappa shape index (κ3) is 4.58. The second kappa shape index (κ2) is 6.47. The molecule has 1 aromatic rings. The summed E-state index contributed by atoms with van der Waals surface area (Å²) in [5.74, 6) is 0.741. The SMILES string of the molecule is NS(=O)(=O)c1ccc(CNCC2CCNCC2)cc1. The first-order chi connectivity index (χ1) is 9.05. The number of nitrogens with two attached hydrogens (primary N) is 1. The van der Waals surface area contributed by atoms with Gasteiger partial charge in [0.15, 0.2) is 0 Å². The lowest BCUT2D eigenvalue weighted by Crippen LogP contribution is -2.33. The van der Waals surface area contributed by atoms with Gasteiger partial charge in [-0.15, -0.1) is 0 Å². The van der Waals surface area contributed by atoms with Gasteiger partial charge in [-0.1, -0.05) is 12.1 Å². The highest BCUT2D eigenvalue weighted by atomic mass is 32.2. The molecule has 106 valence electrons. The first-order valence-electron chi connectivity index (χ1n) is 6.59. The third-order valence-electron chi connectivity index (χ3n) is 3.47. The number of rotatable bonds is 5. The Bertz CT molecular complexity index is 493. The van der Waals surface area contributed by atoms with Crippen molar-refractivity contribution in [1.82, 2.24) is 10.6 Å². The summed E-state index contributed by atoms with van der Waals surface area (Å²) in [4.78, 5) is 0.162. The fraction of sp³-hybridized carbons (Fsp3) is 0.538. The van der Waals surface area contributed by atoms with Crippen LogP contribution in [0.4, 0.5) is 0 Å². The number of piperidine rings is 1. The minimum absolute atomic E-state index is 0.162. The van der Waals surface area contributed by atoms with Gasteiger partial charge >= 0.3 is 0 Å². The number of nitrogens with one attached hydrogen (secondary N) is 2. The van der Waals surface area contributed by atoms with Crippen molar-refractivity contribution < 1.29 is 8.42 Å². The van der Waals surface area contributed by atoms with Gasteiger partial charge in [0.05, 0.1) is 4.90 Å². The molecule has 0 amide bonds. The van der Waals surface area contributed by atoms with Crippen molar-refractivity contribution in [2.45, 2.75) is 24.3 Å². The highest BCUT2D eigenvalue weighted by Crippen LogP contribution is 2.11. The van der Waals surface area contributed by atoms with Crippen LogP contribution in [0.15, 0.2) is 29.2 Å². The maximum absolute atomic E-state index is 11.1. The number of sulfonamides is 1. The van der Waals surface area contributed by atoms with E-state index in [1.807, 2.05) is 0 Å². The molecule has 2 rings (SSSR count). The van der Waals surface area contributed by atoms with Gasteiger partial charge in [0.2, 0.25) is 10.0 Å². The highest BCUT2D eigenvalue weighted by molar-refractivity contribution is 7.89. The molecule has 1 fully saturated rings. The molecule has 1 aliphatic rings. The summed E-state index contributed by atoms with van der Waals surface area (Å²) in [5, 5.41) is 11.8. The summed E-state index contributed by atoms with van der Waals surface area (Å²) < 4.78 is 22.2. The molecule has 4 N–H and O–H groups in total. The minimum Gasteiger partial charge on any atom is -0.317 e. The standard InChI is InChI=1S/C13H21N3O2S/c14-19(17,18)13-3-1-11(2-4-13)9-16-10-12-5-7-15-8-6-12/h1-4,12,15-16H,5-10H2,(H2,14,17,18). The van der Waals surface area contributed by atoms with E-state index in [2.05, 4.69) is 10.6 Å². The van der Waals surface area contributed by atoms with E-state index in [0.29, 0.717) is 0 Å². The van der Waals surface area contributed by atoms with Gasteiger partial charge in [-0.05, 0) is 56.1 Å². The molecular formula is C13H21N3O2S. The number of hydrogen-bond donors (Lipinski definition) is 3. The van der Waals surface area contributed by atoms with Crippen molar-refractivity contribution in [2.75, 3.05) is 19.6 Å². The Balaban J connectivity index is 1.80. The van der Waals surface area contributed by atoms with Crippen LogP contribution in [0.25, 0.3) is 0 Å². The van der Waals surface area contributed by atoms with Gasteiger partial charge in [-0.2, -0.15) is 0 Å². The van der Waals surface area contributed by atoms with Crippen molar-refractivity contribution in [3.63, 3.8) is 0 Å². The van der Waals surface area contributed by atoms with Crippen molar-refractivity contribution >= 4 is 10.0 Å². The average molecular weight is 283 g/mol. The zero-order valence-electron chi connectivity index (χ0n) is 10.9. The van der Waals surface area contributed by atoms with Crippen LogP contribution in [0, 0.1) is 5.92 Å². The van der Waals surface area contributed by atoms with E-state index in [-0.39, 0.29) is 4.90 Å². The molecule has 1 aliphatic heterocycles. The van der Waals surface area contributed by atoms with Gasteiger partial charge < -0.3 is 10.6 Å².